The molecule has 2 aliphatic rings. The van der Waals surface area contributed by atoms with Gasteiger partial charge >= 0.3 is 0 Å². The first-order valence-corrected chi connectivity index (χ1v) is 11.0. The number of benzene rings is 2. The van der Waals surface area contributed by atoms with Gasteiger partial charge in [0.05, 0.1) is 5.39 Å². The average Bonchev–Trinajstić information content (AvgIpc) is 3.15. The average molecular weight is 414 g/mol. The van der Waals surface area contributed by atoms with Crippen LogP contribution >= 0.6 is 0 Å². The number of aryl methyl sites for hydroxylation is 1. The number of fused-ring (bicyclic) bond motifs is 4. The Morgan fingerprint density at radius 1 is 1.03 bits per heavy atom. The van der Waals surface area contributed by atoms with E-state index in [0.717, 1.165) is 41.7 Å². The van der Waals surface area contributed by atoms with Gasteiger partial charge in [-0.2, -0.15) is 0 Å². The molecule has 0 amide bonds. The largest absolute Gasteiger partial charge is 0.353 e. The molecular formula is C25H24FN5. The maximum Gasteiger partial charge on any atom is 0.175 e. The van der Waals surface area contributed by atoms with Crippen LogP contribution in [0.25, 0.3) is 32.9 Å². The van der Waals surface area contributed by atoms with Crippen LogP contribution in [0.1, 0.15) is 25.3 Å². The number of piperazine rings is 1. The standard InChI is InChI=1S/C25H24FN5/c1-2-15-5-3-6-16-7-4-8-19(21(15)16)23-22(26)24-20(11-27-23)25(29-14-28-24)31-12-17-9-10-18(13-31)30-17/h3-8,11,14,17-18,30H,2,9-10,12-13H2,1H3/t17-,18+. The van der Waals surface area contributed by atoms with Crippen molar-refractivity contribution in [3.05, 3.63) is 60.3 Å². The summed E-state index contributed by atoms with van der Waals surface area (Å²) >= 11 is 0. The van der Waals surface area contributed by atoms with Gasteiger partial charge in [0.2, 0.25) is 0 Å². The highest BCUT2D eigenvalue weighted by atomic mass is 19.1. The lowest BCUT2D eigenvalue weighted by atomic mass is 9.95. The second kappa shape index (κ2) is 7.24. The lowest BCUT2D eigenvalue weighted by molar-refractivity contribution is 0.464. The molecule has 2 aromatic carbocycles. The Balaban J connectivity index is 1.52. The van der Waals surface area contributed by atoms with Crippen molar-refractivity contribution in [2.75, 3.05) is 18.0 Å². The number of rotatable bonds is 3. The fraction of sp³-hybridized carbons (Fsp3) is 0.320. The third-order valence-electron chi connectivity index (χ3n) is 6.74. The minimum atomic E-state index is -0.377. The monoisotopic (exact) mass is 413 g/mol. The molecule has 0 unspecified atom stereocenters. The van der Waals surface area contributed by atoms with Crippen LogP contribution < -0.4 is 10.2 Å². The first-order valence-electron chi connectivity index (χ1n) is 11.0. The molecule has 6 heteroatoms. The second-order valence-corrected chi connectivity index (χ2v) is 8.60. The van der Waals surface area contributed by atoms with E-state index in [0.29, 0.717) is 28.7 Å². The first-order chi connectivity index (χ1) is 15.2. The van der Waals surface area contributed by atoms with Crippen LogP contribution in [0.4, 0.5) is 10.2 Å². The summed E-state index contributed by atoms with van der Waals surface area (Å²) in [6.07, 6.45) is 6.47. The Labute approximate surface area is 180 Å². The lowest BCUT2D eigenvalue weighted by Gasteiger charge is -2.34. The number of pyridine rings is 1. The maximum absolute atomic E-state index is 15.8. The fourth-order valence-electron chi connectivity index (χ4n) is 5.30. The van der Waals surface area contributed by atoms with E-state index in [1.807, 2.05) is 12.1 Å². The summed E-state index contributed by atoms with van der Waals surface area (Å²) in [4.78, 5) is 15.7. The van der Waals surface area contributed by atoms with E-state index in [9.17, 15) is 0 Å². The molecule has 6 rings (SSSR count). The molecule has 2 atom stereocenters. The fourth-order valence-corrected chi connectivity index (χ4v) is 5.30. The Kier molecular flexibility index (Phi) is 4.35. The molecule has 2 aliphatic heterocycles. The van der Waals surface area contributed by atoms with Crippen molar-refractivity contribution in [3.8, 4) is 11.3 Å². The predicted molar refractivity (Wildman–Crippen MR) is 122 cm³/mol. The molecule has 2 aromatic heterocycles. The number of aromatic nitrogens is 3. The molecule has 2 fully saturated rings. The van der Waals surface area contributed by atoms with Crippen LogP contribution in [0.5, 0.6) is 0 Å². The molecule has 0 spiro atoms. The van der Waals surface area contributed by atoms with Gasteiger partial charge in [0.1, 0.15) is 23.4 Å². The summed E-state index contributed by atoms with van der Waals surface area (Å²) in [5, 5.41) is 6.47. The summed E-state index contributed by atoms with van der Waals surface area (Å²) in [5.74, 6) is 0.408. The zero-order valence-electron chi connectivity index (χ0n) is 17.5. The summed E-state index contributed by atoms with van der Waals surface area (Å²) < 4.78 is 15.8. The molecule has 0 aliphatic carbocycles. The van der Waals surface area contributed by atoms with Crippen molar-refractivity contribution < 1.29 is 4.39 Å². The van der Waals surface area contributed by atoms with E-state index in [2.05, 4.69) is 56.4 Å². The van der Waals surface area contributed by atoms with E-state index < -0.39 is 0 Å². The van der Waals surface area contributed by atoms with Gasteiger partial charge in [0.25, 0.3) is 0 Å². The van der Waals surface area contributed by atoms with Gasteiger partial charge in [-0.25, -0.2) is 14.4 Å². The van der Waals surface area contributed by atoms with E-state index in [4.69, 9.17) is 0 Å². The molecular weight excluding hydrogens is 389 g/mol. The van der Waals surface area contributed by atoms with Crippen LogP contribution in [0.3, 0.4) is 0 Å². The quantitative estimate of drug-likeness (QED) is 0.536. The Morgan fingerprint density at radius 2 is 1.81 bits per heavy atom. The minimum absolute atomic E-state index is 0.340. The van der Waals surface area contributed by atoms with Crippen LogP contribution in [0, 0.1) is 5.82 Å². The summed E-state index contributed by atoms with van der Waals surface area (Å²) in [7, 11) is 0. The summed E-state index contributed by atoms with van der Waals surface area (Å²) in [6, 6.07) is 13.2. The zero-order chi connectivity index (χ0) is 20.9. The van der Waals surface area contributed by atoms with E-state index in [1.54, 1.807) is 6.20 Å². The van der Waals surface area contributed by atoms with Crippen LogP contribution in [0.15, 0.2) is 48.9 Å². The lowest BCUT2D eigenvalue weighted by Crippen LogP contribution is -2.51. The van der Waals surface area contributed by atoms with E-state index >= 15 is 4.39 Å². The van der Waals surface area contributed by atoms with Crippen molar-refractivity contribution in [2.45, 2.75) is 38.3 Å². The third kappa shape index (κ3) is 2.97. The van der Waals surface area contributed by atoms with E-state index in [1.165, 1.54) is 24.7 Å². The van der Waals surface area contributed by atoms with Crippen molar-refractivity contribution >= 4 is 27.5 Å². The SMILES string of the molecule is CCc1cccc2cccc(-c3ncc4c(N5C[C@H]6CC[C@@H](C5)N6)ncnc4c3F)c12. The number of halogens is 1. The zero-order valence-corrected chi connectivity index (χ0v) is 17.5. The maximum atomic E-state index is 15.8. The third-order valence-corrected chi connectivity index (χ3v) is 6.74. The molecule has 2 bridgehead atoms. The number of nitrogens with one attached hydrogen (secondary N) is 1. The molecule has 5 nitrogen and oxygen atoms in total. The molecule has 31 heavy (non-hydrogen) atoms. The molecule has 2 saturated heterocycles. The molecule has 156 valence electrons. The molecule has 1 N–H and O–H groups in total. The van der Waals surface area contributed by atoms with Gasteiger partial charge in [0.15, 0.2) is 5.82 Å². The molecule has 4 aromatic rings. The Hall–Kier alpha value is -3.12. The van der Waals surface area contributed by atoms with Gasteiger partial charge in [-0.05, 0) is 35.6 Å². The summed E-state index contributed by atoms with van der Waals surface area (Å²) in [6.45, 7) is 3.89. The number of hydrogen-bond donors (Lipinski definition) is 1. The first kappa shape index (κ1) is 18.6. The van der Waals surface area contributed by atoms with Crippen LogP contribution in [-0.4, -0.2) is 40.1 Å². The highest BCUT2D eigenvalue weighted by Gasteiger charge is 2.33. The van der Waals surface area contributed by atoms with Crippen LogP contribution in [-0.2, 0) is 6.42 Å². The highest BCUT2D eigenvalue weighted by molar-refractivity contribution is 6.00. The highest BCUT2D eigenvalue weighted by Crippen LogP contribution is 2.35. The molecule has 4 heterocycles. The molecule has 0 saturated carbocycles. The number of anilines is 1. The van der Waals surface area contributed by atoms with Gasteiger partial charge in [0, 0.05) is 36.9 Å². The van der Waals surface area contributed by atoms with Gasteiger partial charge in [-0.3, -0.25) is 4.98 Å². The van der Waals surface area contributed by atoms with Crippen molar-refractivity contribution in [1.29, 1.82) is 0 Å². The van der Waals surface area contributed by atoms with Crippen molar-refractivity contribution in [3.63, 3.8) is 0 Å². The topological polar surface area (TPSA) is 53.9 Å². The van der Waals surface area contributed by atoms with Gasteiger partial charge in [-0.1, -0.05) is 43.3 Å². The van der Waals surface area contributed by atoms with E-state index in [-0.39, 0.29) is 5.82 Å². The Morgan fingerprint density at radius 3 is 2.58 bits per heavy atom. The van der Waals surface area contributed by atoms with Gasteiger partial charge in [-0.15, -0.1) is 0 Å². The van der Waals surface area contributed by atoms with Crippen molar-refractivity contribution in [2.24, 2.45) is 0 Å². The Bertz CT molecular complexity index is 1290. The van der Waals surface area contributed by atoms with Crippen molar-refractivity contribution in [1.82, 2.24) is 20.3 Å². The molecule has 0 radical (unpaired) electrons. The smallest absolute Gasteiger partial charge is 0.175 e. The van der Waals surface area contributed by atoms with Gasteiger partial charge < -0.3 is 10.2 Å². The van der Waals surface area contributed by atoms with Crippen LogP contribution in [0.2, 0.25) is 0 Å². The normalized spacial score (nSPS) is 20.6. The predicted octanol–water partition coefficient (Wildman–Crippen LogP) is 4.49. The number of hydrogen-bond acceptors (Lipinski definition) is 5. The second-order valence-electron chi connectivity index (χ2n) is 8.60. The number of nitrogens with zero attached hydrogens (tertiary/aromatic N) is 4. The summed E-state index contributed by atoms with van der Waals surface area (Å²) in [5.41, 5.74) is 2.69. The minimum Gasteiger partial charge on any atom is -0.353 e.